The maximum absolute atomic E-state index is 12.2. The molecule has 0 unspecified atom stereocenters. The molecule has 7 nitrogen and oxygen atoms in total. The van der Waals surface area contributed by atoms with E-state index in [1.165, 1.54) is 6.07 Å². The number of ether oxygens (including phenoxy) is 2. The van der Waals surface area contributed by atoms with Crippen LogP contribution >= 0.6 is 0 Å². The van der Waals surface area contributed by atoms with Crippen LogP contribution in [0.2, 0.25) is 0 Å². The number of amides is 1. The smallest absolute Gasteiger partial charge is 0.238 e. The normalized spacial score (nSPS) is 11.1. The molecule has 140 valence electrons. The molecule has 2 rings (SSSR count). The van der Waals surface area contributed by atoms with Gasteiger partial charge in [-0.3, -0.25) is 4.79 Å². The van der Waals surface area contributed by atoms with Crippen LogP contribution in [0.25, 0.3) is 0 Å². The van der Waals surface area contributed by atoms with Crippen molar-refractivity contribution in [2.45, 2.75) is 24.7 Å². The summed E-state index contributed by atoms with van der Waals surface area (Å²) in [5.41, 5.74) is 1.74. The van der Waals surface area contributed by atoms with Crippen LogP contribution in [-0.4, -0.2) is 28.5 Å². The van der Waals surface area contributed by atoms with E-state index >= 15 is 0 Å². The molecule has 0 saturated heterocycles. The van der Waals surface area contributed by atoms with Crippen molar-refractivity contribution < 1.29 is 22.7 Å². The van der Waals surface area contributed by atoms with Gasteiger partial charge in [-0.2, -0.15) is 0 Å². The van der Waals surface area contributed by atoms with Crippen LogP contribution in [0.15, 0.2) is 41.3 Å². The maximum atomic E-state index is 12.2. The van der Waals surface area contributed by atoms with E-state index in [4.69, 9.17) is 14.6 Å². The molecule has 0 aliphatic rings. The van der Waals surface area contributed by atoms with Gasteiger partial charge in [0, 0.05) is 12.1 Å². The standard InChI is InChI=1S/C18H22N2O5S/c1-12-7-9-14(11-16(12)26(19,22)23)20-17(21)10-8-13-5-4-6-15(24-2)18(13)25-3/h4-7,9,11H,8,10H2,1-3H3,(H,20,21)(H2,19,22,23). The van der Waals surface area contributed by atoms with Crippen LogP contribution in [0.3, 0.4) is 0 Å². The topological polar surface area (TPSA) is 108 Å². The fourth-order valence-electron chi connectivity index (χ4n) is 2.61. The number of primary sulfonamides is 1. The van der Waals surface area contributed by atoms with E-state index in [2.05, 4.69) is 5.32 Å². The first-order valence-electron chi connectivity index (χ1n) is 7.89. The zero-order valence-corrected chi connectivity index (χ0v) is 15.7. The Morgan fingerprint density at radius 3 is 2.50 bits per heavy atom. The number of carbonyl (C=O) groups excluding carboxylic acids is 1. The van der Waals surface area contributed by atoms with Crippen molar-refractivity contribution in [3.05, 3.63) is 47.5 Å². The number of hydrogen-bond acceptors (Lipinski definition) is 5. The molecule has 2 aromatic carbocycles. The molecule has 3 N–H and O–H groups in total. The zero-order chi connectivity index (χ0) is 19.3. The Labute approximate surface area is 153 Å². The molecular weight excluding hydrogens is 356 g/mol. The van der Waals surface area contributed by atoms with Gasteiger partial charge in [0.1, 0.15) is 0 Å². The van der Waals surface area contributed by atoms with Gasteiger partial charge in [-0.15, -0.1) is 0 Å². The summed E-state index contributed by atoms with van der Waals surface area (Å²) in [5, 5.41) is 7.87. The summed E-state index contributed by atoms with van der Waals surface area (Å²) < 4.78 is 33.7. The largest absolute Gasteiger partial charge is 0.493 e. The second kappa shape index (κ2) is 8.20. The SMILES string of the molecule is COc1cccc(CCC(=O)Nc2ccc(C)c(S(N)(=O)=O)c2)c1OC. The Hall–Kier alpha value is -2.58. The Morgan fingerprint density at radius 2 is 1.88 bits per heavy atom. The van der Waals surface area contributed by atoms with E-state index in [1.54, 1.807) is 39.3 Å². The molecule has 0 atom stereocenters. The number of nitrogens with one attached hydrogen (secondary N) is 1. The number of aryl methyl sites for hydroxylation is 2. The lowest BCUT2D eigenvalue weighted by molar-refractivity contribution is -0.116. The monoisotopic (exact) mass is 378 g/mol. The summed E-state index contributed by atoms with van der Waals surface area (Å²) in [7, 11) is -0.751. The number of rotatable bonds is 7. The van der Waals surface area contributed by atoms with Crippen molar-refractivity contribution in [1.82, 2.24) is 0 Å². The molecule has 26 heavy (non-hydrogen) atoms. The number of benzene rings is 2. The second-order valence-corrected chi connectivity index (χ2v) is 7.26. The number of para-hydroxylation sites is 1. The summed E-state index contributed by atoms with van der Waals surface area (Å²) in [6.45, 7) is 1.64. The highest BCUT2D eigenvalue weighted by Crippen LogP contribution is 2.31. The van der Waals surface area contributed by atoms with Gasteiger partial charge in [-0.25, -0.2) is 13.6 Å². The van der Waals surface area contributed by atoms with Crippen LogP contribution in [0.1, 0.15) is 17.5 Å². The fraction of sp³-hybridized carbons (Fsp3) is 0.278. The predicted molar refractivity (Wildman–Crippen MR) is 99.0 cm³/mol. The molecule has 0 saturated carbocycles. The van der Waals surface area contributed by atoms with Crippen molar-refractivity contribution in [2.24, 2.45) is 5.14 Å². The van der Waals surface area contributed by atoms with Crippen LogP contribution in [0.4, 0.5) is 5.69 Å². The molecular formula is C18H22N2O5S. The first kappa shape index (κ1) is 19.7. The molecule has 1 amide bonds. The number of carbonyl (C=O) groups is 1. The van der Waals surface area contributed by atoms with Gasteiger partial charge in [0.25, 0.3) is 0 Å². The lowest BCUT2D eigenvalue weighted by Crippen LogP contribution is -2.16. The number of hydrogen-bond donors (Lipinski definition) is 2. The van der Waals surface area contributed by atoms with Crippen molar-refractivity contribution in [3.63, 3.8) is 0 Å². The van der Waals surface area contributed by atoms with E-state index in [9.17, 15) is 13.2 Å². The van der Waals surface area contributed by atoms with Gasteiger partial charge >= 0.3 is 0 Å². The van der Waals surface area contributed by atoms with Crippen molar-refractivity contribution >= 4 is 21.6 Å². The molecule has 0 radical (unpaired) electrons. The average molecular weight is 378 g/mol. The van der Waals surface area contributed by atoms with Crippen LogP contribution < -0.4 is 19.9 Å². The number of anilines is 1. The van der Waals surface area contributed by atoms with Gasteiger partial charge in [0.2, 0.25) is 15.9 Å². The highest BCUT2D eigenvalue weighted by atomic mass is 32.2. The molecule has 0 spiro atoms. The summed E-state index contributed by atoms with van der Waals surface area (Å²) in [6.07, 6.45) is 0.641. The Kier molecular flexibility index (Phi) is 6.23. The van der Waals surface area contributed by atoms with E-state index < -0.39 is 10.0 Å². The van der Waals surface area contributed by atoms with Crippen molar-refractivity contribution in [1.29, 1.82) is 0 Å². The molecule has 0 fully saturated rings. The lowest BCUT2D eigenvalue weighted by Gasteiger charge is -2.13. The number of methoxy groups -OCH3 is 2. The third kappa shape index (κ3) is 4.74. The third-order valence-corrected chi connectivity index (χ3v) is 4.94. The predicted octanol–water partition coefficient (Wildman–Crippen LogP) is 2.23. The second-order valence-electron chi connectivity index (χ2n) is 5.73. The highest BCUT2D eigenvalue weighted by Gasteiger charge is 2.14. The van der Waals surface area contributed by atoms with E-state index in [-0.39, 0.29) is 17.2 Å². The van der Waals surface area contributed by atoms with Gasteiger partial charge in [-0.05, 0) is 42.7 Å². The van der Waals surface area contributed by atoms with Gasteiger partial charge < -0.3 is 14.8 Å². The summed E-state index contributed by atoms with van der Waals surface area (Å²) in [6, 6.07) is 10.1. The fourth-order valence-corrected chi connectivity index (χ4v) is 3.41. The van der Waals surface area contributed by atoms with Crippen LogP contribution in [0.5, 0.6) is 11.5 Å². The Bertz CT molecular complexity index is 910. The molecule has 0 bridgehead atoms. The van der Waals surface area contributed by atoms with Gasteiger partial charge in [0.15, 0.2) is 11.5 Å². The zero-order valence-electron chi connectivity index (χ0n) is 14.9. The summed E-state index contributed by atoms with van der Waals surface area (Å²) in [5.74, 6) is 0.940. The molecule has 0 aromatic heterocycles. The average Bonchev–Trinajstić information content (AvgIpc) is 2.60. The third-order valence-electron chi connectivity index (χ3n) is 3.88. The molecule has 2 aromatic rings. The summed E-state index contributed by atoms with van der Waals surface area (Å²) in [4.78, 5) is 12.2. The van der Waals surface area contributed by atoms with Crippen LogP contribution in [0, 0.1) is 6.92 Å². The first-order chi connectivity index (χ1) is 12.3. The Morgan fingerprint density at radius 1 is 1.15 bits per heavy atom. The lowest BCUT2D eigenvalue weighted by atomic mass is 10.1. The number of nitrogens with two attached hydrogens (primary N) is 1. The first-order valence-corrected chi connectivity index (χ1v) is 9.44. The Balaban J connectivity index is 2.09. The van der Waals surface area contributed by atoms with E-state index in [0.29, 0.717) is 29.2 Å². The van der Waals surface area contributed by atoms with Gasteiger partial charge in [0.05, 0.1) is 19.1 Å². The van der Waals surface area contributed by atoms with Crippen molar-refractivity contribution in [2.75, 3.05) is 19.5 Å². The quantitative estimate of drug-likeness (QED) is 0.768. The maximum Gasteiger partial charge on any atom is 0.238 e. The minimum atomic E-state index is -3.85. The molecule has 8 heteroatoms. The number of sulfonamides is 1. The van der Waals surface area contributed by atoms with Crippen LogP contribution in [-0.2, 0) is 21.2 Å². The minimum Gasteiger partial charge on any atom is -0.493 e. The van der Waals surface area contributed by atoms with Crippen molar-refractivity contribution in [3.8, 4) is 11.5 Å². The molecule has 0 aliphatic heterocycles. The summed E-state index contributed by atoms with van der Waals surface area (Å²) >= 11 is 0. The minimum absolute atomic E-state index is 0.00948. The van der Waals surface area contributed by atoms with Gasteiger partial charge in [-0.1, -0.05) is 18.2 Å². The molecule has 0 aliphatic carbocycles. The molecule has 0 heterocycles. The van der Waals surface area contributed by atoms with E-state index in [0.717, 1.165) is 5.56 Å². The van der Waals surface area contributed by atoms with E-state index in [1.807, 2.05) is 12.1 Å². The highest BCUT2D eigenvalue weighted by molar-refractivity contribution is 7.89.